The SMILES string of the molecule is CCOC(=O)c1nn(-c2nc3ccccc3s2)cc1N. The monoisotopic (exact) mass is 288 g/mol. The summed E-state index contributed by atoms with van der Waals surface area (Å²) in [6.07, 6.45) is 1.57. The Bertz CT molecular complexity index is 745. The van der Waals surface area contributed by atoms with Gasteiger partial charge in [-0.25, -0.2) is 14.5 Å². The molecule has 0 fully saturated rings. The number of ether oxygens (including phenoxy) is 1. The number of thiazole rings is 1. The van der Waals surface area contributed by atoms with E-state index in [1.54, 1.807) is 13.1 Å². The van der Waals surface area contributed by atoms with Crippen molar-refractivity contribution in [3.63, 3.8) is 0 Å². The Hall–Kier alpha value is -2.41. The number of nitrogen functional groups attached to an aromatic ring is 1. The van der Waals surface area contributed by atoms with Crippen molar-refractivity contribution in [1.82, 2.24) is 14.8 Å². The van der Waals surface area contributed by atoms with Gasteiger partial charge in [0, 0.05) is 0 Å². The van der Waals surface area contributed by atoms with Gasteiger partial charge >= 0.3 is 5.97 Å². The van der Waals surface area contributed by atoms with Crippen LogP contribution in [0.3, 0.4) is 0 Å². The number of aromatic nitrogens is 3. The molecule has 2 heterocycles. The lowest BCUT2D eigenvalue weighted by Gasteiger charge is -1.97. The molecule has 6 nitrogen and oxygen atoms in total. The van der Waals surface area contributed by atoms with Crippen LogP contribution in [0.5, 0.6) is 0 Å². The van der Waals surface area contributed by atoms with Gasteiger partial charge in [0.2, 0.25) is 5.13 Å². The van der Waals surface area contributed by atoms with Crippen molar-refractivity contribution in [2.45, 2.75) is 6.92 Å². The number of benzene rings is 1. The maximum Gasteiger partial charge on any atom is 0.361 e. The Kier molecular flexibility index (Phi) is 3.11. The minimum absolute atomic E-state index is 0.117. The Labute approximate surface area is 118 Å². The van der Waals surface area contributed by atoms with Crippen LogP contribution >= 0.6 is 11.3 Å². The van der Waals surface area contributed by atoms with Gasteiger partial charge in [0.25, 0.3) is 0 Å². The molecular weight excluding hydrogens is 276 g/mol. The summed E-state index contributed by atoms with van der Waals surface area (Å²) in [6, 6.07) is 7.78. The molecule has 7 heteroatoms. The van der Waals surface area contributed by atoms with Gasteiger partial charge in [-0.3, -0.25) is 0 Å². The van der Waals surface area contributed by atoms with Crippen LogP contribution in [0.4, 0.5) is 5.69 Å². The zero-order valence-corrected chi connectivity index (χ0v) is 11.6. The second-order valence-electron chi connectivity index (χ2n) is 4.06. The number of nitrogens with zero attached hydrogens (tertiary/aromatic N) is 3. The van der Waals surface area contributed by atoms with Crippen LogP contribution < -0.4 is 5.73 Å². The molecule has 0 saturated heterocycles. The number of para-hydroxylation sites is 1. The van der Waals surface area contributed by atoms with Crippen molar-refractivity contribution >= 4 is 33.2 Å². The second kappa shape index (κ2) is 4.93. The molecule has 3 aromatic rings. The quantitative estimate of drug-likeness (QED) is 0.747. The fourth-order valence-electron chi connectivity index (χ4n) is 1.80. The highest BCUT2D eigenvalue weighted by molar-refractivity contribution is 7.20. The van der Waals surface area contributed by atoms with Crippen LogP contribution in [0.2, 0.25) is 0 Å². The highest BCUT2D eigenvalue weighted by Gasteiger charge is 2.17. The number of hydrogen-bond donors (Lipinski definition) is 1. The van der Waals surface area contributed by atoms with Crippen LogP contribution in [-0.2, 0) is 4.74 Å². The summed E-state index contributed by atoms with van der Waals surface area (Å²) >= 11 is 1.48. The van der Waals surface area contributed by atoms with Crippen LogP contribution in [0, 0.1) is 0 Å². The molecule has 0 aliphatic carbocycles. The van der Waals surface area contributed by atoms with E-state index in [1.807, 2.05) is 24.3 Å². The topological polar surface area (TPSA) is 83.0 Å². The van der Waals surface area contributed by atoms with E-state index in [-0.39, 0.29) is 18.0 Å². The number of anilines is 1. The number of fused-ring (bicyclic) bond motifs is 1. The van der Waals surface area contributed by atoms with Gasteiger partial charge in [-0.1, -0.05) is 23.5 Å². The molecule has 0 amide bonds. The van der Waals surface area contributed by atoms with Gasteiger partial charge in [0.15, 0.2) is 5.69 Å². The molecule has 102 valence electrons. The first-order valence-corrected chi connectivity index (χ1v) is 6.89. The Morgan fingerprint density at radius 1 is 1.45 bits per heavy atom. The first-order valence-electron chi connectivity index (χ1n) is 6.07. The average Bonchev–Trinajstić information content (AvgIpc) is 3.02. The first kappa shape index (κ1) is 12.6. The molecule has 0 atom stereocenters. The van der Waals surface area contributed by atoms with E-state index < -0.39 is 5.97 Å². The number of carbonyl (C=O) groups excluding carboxylic acids is 1. The summed E-state index contributed by atoms with van der Waals surface area (Å²) in [5, 5.41) is 4.82. The van der Waals surface area contributed by atoms with Crippen molar-refractivity contribution < 1.29 is 9.53 Å². The summed E-state index contributed by atoms with van der Waals surface area (Å²) in [7, 11) is 0. The second-order valence-corrected chi connectivity index (χ2v) is 5.07. The van der Waals surface area contributed by atoms with E-state index in [0.717, 1.165) is 10.2 Å². The van der Waals surface area contributed by atoms with Crippen LogP contribution in [0.15, 0.2) is 30.5 Å². The molecule has 2 N–H and O–H groups in total. The third-order valence-electron chi connectivity index (χ3n) is 2.69. The summed E-state index contributed by atoms with van der Waals surface area (Å²) < 4.78 is 7.46. The van der Waals surface area contributed by atoms with E-state index in [0.29, 0.717) is 5.13 Å². The van der Waals surface area contributed by atoms with Gasteiger partial charge in [0.1, 0.15) is 0 Å². The Morgan fingerprint density at radius 2 is 2.25 bits per heavy atom. The molecule has 20 heavy (non-hydrogen) atoms. The Balaban J connectivity index is 2.02. The molecule has 0 bridgehead atoms. The van der Waals surface area contributed by atoms with Crippen molar-refractivity contribution in [1.29, 1.82) is 0 Å². The largest absolute Gasteiger partial charge is 0.461 e. The standard InChI is InChI=1S/C13H12N4O2S/c1-2-19-12(18)11-8(14)7-17(16-11)13-15-9-5-3-4-6-10(9)20-13/h3-7H,2,14H2,1H3. The highest BCUT2D eigenvalue weighted by atomic mass is 32.1. The van der Waals surface area contributed by atoms with Crippen molar-refractivity contribution in [2.24, 2.45) is 0 Å². The molecule has 0 spiro atoms. The molecule has 0 saturated carbocycles. The normalized spacial score (nSPS) is 10.8. The molecule has 0 unspecified atom stereocenters. The fourth-order valence-corrected chi connectivity index (χ4v) is 2.69. The predicted octanol–water partition coefficient (Wildman–Crippen LogP) is 2.24. The summed E-state index contributed by atoms with van der Waals surface area (Å²) in [6.45, 7) is 2.02. The number of nitrogens with two attached hydrogens (primary N) is 1. The summed E-state index contributed by atoms with van der Waals surface area (Å²) in [5.74, 6) is -0.523. The molecule has 2 aromatic heterocycles. The first-order chi connectivity index (χ1) is 9.69. The predicted molar refractivity (Wildman–Crippen MR) is 77.1 cm³/mol. The number of esters is 1. The van der Waals surface area contributed by atoms with Gasteiger partial charge in [-0.2, -0.15) is 5.10 Å². The zero-order valence-electron chi connectivity index (χ0n) is 10.7. The van der Waals surface area contributed by atoms with Crippen LogP contribution in [-0.4, -0.2) is 27.3 Å². The lowest BCUT2D eigenvalue weighted by atomic mass is 10.3. The van der Waals surface area contributed by atoms with Crippen LogP contribution in [0.1, 0.15) is 17.4 Å². The van der Waals surface area contributed by atoms with Crippen LogP contribution in [0.25, 0.3) is 15.3 Å². The minimum atomic E-state index is -0.523. The molecule has 0 aliphatic rings. The van der Waals surface area contributed by atoms with Gasteiger partial charge in [0.05, 0.1) is 28.7 Å². The van der Waals surface area contributed by atoms with Crippen molar-refractivity contribution in [2.75, 3.05) is 12.3 Å². The van der Waals surface area contributed by atoms with E-state index in [2.05, 4.69) is 10.1 Å². The number of hydrogen-bond acceptors (Lipinski definition) is 6. The average molecular weight is 288 g/mol. The molecule has 0 radical (unpaired) electrons. The highest BCUT2D eigenvalue weighted by Crippen LogP contribution is 2.25. The smallest absolute Gasteiger partial charge is 0.361 e. The van der Waals surface area contributed by atoms with Gasteiger partial charge in [-0.15, -0.1) is 0 Å². The summed E-state index contributed by atoms with van der Waals surface area (Å²) in [4.78, 5) is 16.1. The minimum Gasteiger partial charge on any atom is -0.461 e. The third-order valence-corrected chi connectivity index (χ3v) is 3.72. The lowest BCUT2D eigenvalue weighted by Crippen LogP contribution is -2.08. The van der Waals surface area contributed by atoms with E-state index in [4.69, 9.17) is 10.5 Å². The van der Waals surface area contributed by atoms with E-state index in [1.165, 1.54) is 16.0 Å². The number of rotatable bonds is 3. The van der Waals surface area contributed by atoms with Gasteiger partial charge in [-0.05, 0) is 19.1 Å². The molecule has 1 aromatic carbocycles. The molecule has 3 rings (SSSR count). The molecular formula is C13H12N4O2S. The summed E-state index contributed by atoms with van der Waals surface area (Å²) in [5.41, 5.74) is 7.08. The zero-order chi connectivity index (χ0) is 14.1. The lowest BCUT2D eigenvalue weighted by molar-refractivity contribution is 0.0520. The fraction of sp³-hybridized carbons (Fsp3) is 0.154. The number of carbonyl (C=O) groups is 1. The van der Waals surface area contributed by atoms with Gasteiger partial charge < -0.3 is 10.5 Å². The molecule has 0 aliphatic heterocycles. The maximum atomic E-state index is 11.7. The van der Waals surface area contributed by atoms with Crippen molar-refractivity contribution in [3.05, 3.63) is 36.2 Å². The van der Waals surface area contributed by atoms with Crippen molar-refractivity contribution in [3.8, 4) is 5.13 Å². The Morgan fingerprint density at radius 3 is 3.00 bits per heavy atom. The third kappa shape index (κ3) is 2.12. The van der Waals surface area contributed by atoms with E-state index >= 15 is 0 Å². The van der Waals surface area contributed by atoms with E-state index in [9.17, 15) is 4.79 Å². The maximum absolute atomic E-state index is 11.7.